The second-order valence-corrected chi connectivity index (χ2v) is 5.29. The van der Waals surface area contributed by atoms with Gasteiger partial charge in [0, 0.05) is 12.1 Å². The molecule has 0 spiro atoms. The van der Waals surface area contributed by atoms with Gasteiger partial charge in [-0.1, -0.05) is 6.07 Å². The maximum absolute atomic E-state index is 13.0. The minimum atomic E-state index is -0.807. The molecule has 2 aliphatic rings. The third kappa shape index (κ3) is 3.44. The molecule has 1 aromatic rings. The van der Waals surface area contributed by atoms with Crippen LogP contribution in [0.15, 0.2) is 18.2 Å². The fraction of sp³-hybridized carbons (Fsp3) is 0.571. The molecule has 5 heteroatoms. The highest BCUT2D eigenvalue weighted by molar-refractivity contribution is 5.85. The number of hydrogen-bond acceptors (Lipinski definition) is 2. The molecule has 0 saturated carbocycles. The van der Waals surface area contributed by atoms with E-state index in [1.54, 1.807) is 6.07 Å². The molecule has 106 valence electrons. The van der Waals surface area contributed by atoms with Crippen molar-refractivity contribution in [2.45, 2.75) is 50.5 Å². The molecule has 0 radical (unpaired) electrons. The molecule has 2 saturated heterocycles. The van der Waals surface area contributed by atoms with Crippen LogP contribution in [0.25, 0.3) is 0 Å². The number of benzene rings is 1. The van der Waals surface area contributed by atoms with Crippen LogP contribution in [0.4, 0.5) is 8.78 Å². The van der Waals surface area contributed by atoms with Gasteiger partial charge in [-0.05, 0) is 43.4 Å². The third-order valence-electron chi connectivity index (χ3n) is 3.90. The van der Waals surface area contributed by atoms with Gasteiger partial charge in [0.1, 0.15) is 0 Å². The normalized spacial score (nSPS) is 29.1. The molecule has 2 bridgehead atoms. The molecule has 3 atom stereocenters. The largest absolute Gasteiger partial charge is 0.373 e. The van der Waals surface area contributed by atoms with Crippen LogP contribution in [-0.4, -0.2) is 18.2 Å². The first-order valence-corrected chi connectivity index (χ1v) is 6.52. The number of fused-ring (bicyclic) bond motifs is 2. The van der Waals surface area contributed by atoms with Crippen molar-refractivity contribution in [2.24, 2.45) is 0 Å². The van der Waals surface area contributed by atoms with Crippen molar-refractivity contribution in [3.05, 3.63) is 35.4 Å². The summed E-state index contributed by atoms with van der Waals surface area (Å²) < 4.78 is 31.6. The van der Waals surface area contributed by atoms with Crippen LogP contribution in [0.5, 0.6) is 0 Å². The topological polar surface area (TPSA) is 21.3 Å². The van der Waals surface area contributed by atoms with Gasteiger partial charge in [-0.15, -0.1) is 12.4 Å². The molecule has 0 aromatic heterocycles. The number of ether oxygens (including phenoxy) is 1. The number of nitrogens with one attached hydrogen (secondary N) is 1. The van der Waals surface area contributed by atoms with Crippen molar-refractivity contribution in [3.63, 3.8) is 0 Å². The van der Waals surface area contributed by atoms with Gasteiger partial charge in [0.25, 0.3) is 0 Å². The molecule has 2 aliphatic heterocycles. The highest BCUT2D eigenvalue weighted by atomic mass is 35.5. The third-order valence-corrected chi connectivity index (χ3v) is 3.90. The molecule has 1 aromatic carbocycles. The highest BCUT2D eigenvalue weighted by Gasteiger charge is 2.33. The Balaban J connectivity index is 0.00000133. The van der Waals surface area contributed by atoms with Gasteiger partial charge in [0.15, 0.2) is 11.6 Å². The van der Waals surface area contributed by atoms with Crippen LogP contribution in [0.3, 0.4) is 0 Å². The Bertz CT molecular complexity index is 431. The van der Waals surface area contributed by atoms with Gasteiger partial charge < -0.3 is 10.1 Å². The van der Waals surface area contributed by atoms with Crippen molar-refractivity contribution in [2.75, 3.05) is 0 Å². The molecule has 19 heavy (non-hydrogen) atoms. The molecule has 0 aliphatic carbocycles. The molecular formula is C14H18ClF2NO. The van der Waals surface area contributed by atoms with Crippen LogP contribution in [-0.2, 0) is 11.3 Å². The summed E-state index contributed by atoms with van der Waals surface area (Å²) in [4.78, 5) is 0. The second kappa shape index (κ2) is 6.16. The van der Waals surface area contributed by atoms with Gasteiger partial charge in [0.2, 0.25) is 0 Å². The molecule has 2 heterocycles. The first-order valence-electron chi connectivity index (χ1n) is 6.52. The first-order chi connectivity index (χ1) is 8.70. The zero-order valence-electron chi connectivity index (χ0n) is 10.6. The lowest BCUT2D eigenvalue weighted by atomic mass is 10.0. The molecular weight excluding hydrogens is 272 g/mol. The second-order valence-electron chi connectivity index (χ2n) is 5.29. The first kappa shape index (κ1) is 14.7. The van der Waals surface area contributed by atoms with Crippen molar-refractivity contribution in [1.29, 1.82) is 0 Å². The van der Waals surface area contributed by atoms with E-state index in [2.05, 4.69) is 5.32 Å². The zero-order chi connectivity index (χ0) is 12.5. The smallest absolute Gasteiger partial charge is 0.159 e. The maximum atomic E-state index is 13.0. The Kier molecular flexibility index (Phi) is 4.76. The predicted molar refractivity (Wildman–Crippen MR) is 71.4 cm³/mol. The van der Waals surface area contributed by atoms with E-state index >= 15 is 0 Å². The van der Waals surface area contributed by atoms with E-state index in [1.807, 2.05) is 0 Å². The van der Waals surface area contributed by atoms with E-state index in [1.165, 1.54) is 18.9 Å². The summed E-state index contributed by atoms with van der Waals surface area (Å²) in [6, 6.07) is 5.11. The van der Waals surface area contributed by atoms with E-state index in [9.17, 15) is 8.78 Å². The van der Waals surface area contributed by atoms with E-state index in [4.69, 9.17) is 4.74 Å². The average molecular weight is 290 g/mol. The standard InChI is InChI=1S/C14H17F2NO.ClH/c15-13-4-1-9(5-14(13)16)8-18-12-6-10-2-3-11(7-12)17-10;/h1,4-5,10-12,17H,2-3,6-8H2;1H/t10-,11+,12+;. The van der Waals surface area contributed by atoms with Crippen LogP contribution >= 0.6 is 12.4 Å². The summed E-state index contributed by atoms with van der Waals surface area (Å²) in [6.07, 6.45) is 4.77. The zero-order valence-corrected chi connectivity index (χ0v) is 11.4. The lowest BCUT2D eigenvalue weighted by Gasteiger charge is -2.29. The molecule has 2 nitrogen and oxygen atoms in total. The Morgan fingerprint density at radius 1 is 1.11 bits per heavy atom. The van der Waals surface area contributed by atoms with Gasteiger partial charge in [0.05, 0.1) is 12.7 Å². The molecule has 0 amide bonds. The van der Waals surface area contributed by atoms with E-state index in [0.717, 1.165) is 18.9 Å². The lowest BCUT2D eigenvalue weighted by Crippen LogP contribution is -2.41. The number of hydrogen-bond donors (Lipinski definition) is 1. The fourth-order valence-corrected chi connectivity index (χ4v) is 2.98. The van der Waals surface area contributed by atoms with Crippen LogP contribution in [0, 0.1) is 11.6 Å². The monoisotopic (exact) mass is 289 g/mol. The summed E-state index contributed by atoms with van der Waals surface area (Å²) in [6.45, 7) is 0.362. The predicted octanol–water partition coefficient (Wildman–Crippen LogP) is 3.19. The number of piperidine rings is 1. The van der Waals surface area contributed by atoms with Crippen molar-refractivity contribution in [3.8, 4) is 0 Å². The molecule has 3 rings (SSSR count). The Morgan fingerprint density at radius 2 is 1.79 bits per heavy atom. The minimum absolute atomic E-state index is 0. The Morgan fingerprint density at radius 3 is 2.42 bits per heavy atom. The Hall–Kier alpha value is -0.710. The van der Waals surface area contributed by atoms with Crippen molar-refractivity contribution < 1.29 is 13.5 Å². The van der Waals surface area contributed by atoms with Crippen molar-refractivity contribution in [1.82, 2.24) is 5.32 Å². The average Bonchev–Trinajstić information content (AvgIpc) is 2.70. The summed E-state index contributed by atoms with van der Waals surface area (Å²) in [5.74, 6) is -1.61. The van der Waals surface area contributed by atoms with Gasteiger partial charge in [-0.2, -0.15) is 0 Å². The van der Waals surface area contributed by atoms with Crippen molar-refractivity contribution >= 4 is 12.4 Å². The van der Waals surface area contributed by atoms with Crippen LogP contribution in [0.2, 0.25) is 0 Å². The summed E-state index contributed by atoms with van der Waals surface area (Å²) in [5, 5.41) is 3.55. The fourth-order valence-electron chi connectivity index (χ4n) is 2.98. The molecule has 1 N–H and O–H groups in total. The number of rotatable bonds is 3. The number of halogens is 3. The van der Waals surface area contributed by atoms with E-state index in [0.29, 0.717) is 24.3 Å². The van der Waals surface area contributed by atoms with Gasteiger partial charge >= 0.3 is 0 Å². The maximum Gasteiger partial charge on any atom is 0.159 e. The molecule has 0 unspecified atom stereocenters. The summed E-state index contributed by atoms with van der Waals surface area (Å²) in [5.41, 5.74) is 0.694. The SMILES string of the molecule is Cl.Fc1ccc(CO[C@H]2C[C@H]3CC[C@@H](C2)N3)cc1F. The van der Waals surface area contributed by atoms with E-state index < -0.39 is 11.6 Å². The van der Waals surface area contributed by atoms with E-state index in [-0.39, 0.29) is 18.5 Å². The van der Waals surface area contributed by atoms with Crippen LogP contribution < -0.4 is 5.32 Å². The highest BCUT2D eigenvalue weighted by Crippen LogP contribution is 2.29. The van der Waals surface area contributed by atoms with Gasteiger partial charge in [-0.25, -0.2) is 8.78 Å². The van der Waals surface area contributed by atoms with Gasteiger partial charge in [-0.3, -0.25) is 0 Å². The minimum Gasteiger partial charge on any atom is -0.373 e. The lowest BCUT2D eigenvalue weighted by molar-refractivity contribution is 0.00904. The summed E-state index contributed by atoms with van der Waals surface area (Å²) in [7, 11) is 0. The van der Waals surface area contributed by atoms with Crippen LogP contribution in [0.1, 0.15) is 31.2 Å². The quantitative estimate of drug-likeness (QED) is 0.923. The summed E-state index contributed by atoms with van der Waals surface area (Å²) >= 11 is 0. The molecule has 2 fully saturated rings. The Labute approximate surface area is 117 Å².